The first-order chi connectivity index (χ1) is 8.71. The molecule has 0 heterocycles. The Morgan fingerprint density at radius 3 is 2.17 bits per heavy atom. The van der Waals surface area contributed by atoms with E-state index < -0.39 is 0 Å². The first-order valence-corrected chi connectivity index (χ1v) is 7.28. The van der Waals surface area contributed by atoms with Gasteiger partial charge >= 0.3 is 0 Å². The van der Waals surface area contributed by atoms with Crippen molar-refractivity contribution in [3.8, 4) is 0 Å². The summed E-state index contributed by atoms with van der Waals surface area (Å²) >= 11 is 0. The molecule has 1 aromatic rings. The molecule has 1 unspecified atom stereocenters. The summed E-state index contributed by atoms with van der Waals surface area (Å²) in [5.74, 6) is 0. The summed E-state index contributed by atoms with van der Waals surface area (Å²) in [6.07, 6.45) is 3.40. The summed E-state index contributed by atoms with van der Waals surface area (Å²) in [4.78, 5) is 2.42. The second-order valence-corrected chi connectivity index (χ2v) is 4.91. The Kier molecular flexibility index (Phi) is 6.99. The van der Waals surface area contributed by atoms with E-state index in [1.54, 1.807) is 0 Å². The van der Waals surface area contributed by atoms with Gasteiger partial charge in [-0.1, -0.05) is 51.5 Å². The topological polar surface area (TPSA) is 29.3 Å². The third-order valence-corrected chi connectivity index (χ3v) is 3.60. The van der Waals surface area contributed by atoms with E-state index in [1.807, 2.05) is 0 Å². The number of hydrogen-bond donors (Lipinski definition) is 1. The van der Waals surface area contributed by atoms with E-state index >= 15 is 0 Å². The molecule has 0 aliphatic heterocycles. The van der Waals surface area contributed by atoms with E-state index in [0.717, 1.165) is 32.5 Å². The van der Waals surface area contributed by atoms with Crippen molar-refractivity contribution in [1.82, 2.24) is 4.90 Å². The van der Waals surface area contributed by atoms with Crippen molar-refractivity contribution in [2.24, 2.45) is 5.73 Å². The Hall–Kier alpha value is -0.860. The molecule has 0 bridgehead atoms. The zero-order chi connectivity index (χ0) is 13.4. The van der Waals surface area contributed by atoms with Crippen LogP contribution in [0.15, 0.2) is 24.3 Å². The Morgan fingerprint density at radius 1 is 1.06 bits per heavy atom. The maximum atomic E-state index is 6.25. The van der Waals surface area contributed by atoms with Crippen LogP contribution in [-0.4, -0.2) is 24.5 Å². The molecule has 102 valence electrons. The smallest absolute Gasteiger partial charge is 0.0307 e. The normalized spacial score (nSPS) is 12.9. The lowest BCUT2D eigenvalue weighted by molar-refractivity contribution is 0.291. The average molecular weight is 248 g/mol. The maximum absolute atomic E-state index is 6.25. The van der Waals surface area contributed by atoms with Crippen molar-refractivity contribution in [2.75, 3.05) is 19.6 Å². The monoisotopic (exact) mass is 248 g/mol. The highest BCUT2D eigenvalue weighted by atomic mass is 15.1. The molecule has 0 spiro atoms. The highest BCUT2D eigenvalue weighted by molar-refractivity contribution is 5.24. The van der Waals surface area contributed by atoms with Gasteiger partial charge in [0.25, 0.3) is 0 Å². The van der Waals surface area contributed by atoms with Crippen molar-refractivity contribution < 1.29 is 0 Å². The van der Waals surface area contributed by atoms with Crippen molar-refractivity contribution in [2.45, 2.75) is 46.1 Å². The summed E-state index contributed by atoms with van der Waals surface area (Å²) in [6, 6.07) is 8.99. The summed E-state index contributed by atoms with van der Waals surface area (Å²) < 4.78 is 0. The third-order valence-electron chi connectivity index (χ3n) is 3.60. The highest BCUT2D eigenvalue weighted by Crippen LogP contribution is 2.16. The van der Waals surface area contributed by atoms with Crippen molar-refractivity contribution >= 4 is 0 Å². The summed E-state index contributed by atoms with van der Waals surface area (Å²) in [6.45, 7) is 9.93. The lowest BCUT2D eigenvalue weighted by atomic mass is 10.0. The number of benzene rings is 1. The van der Waals surface area contributed by atoms with Gasteiger partial charge in [0.05, 0.1) is 0 Å². The van der Waals surface area contributed by atoms with Crippen LogP contribution in [0.3, 0.4) is 0 Å². The molecule has 0 aliphatic carbocycles. The van der Waals surface area contributed by atoms with Crippen LogP contribution >= 0.6 is 0 Å². The van der Waals surface area contributed by atoms with E-state index in [9.17, 15) is 0 Å². The van der Waals surface area contributed by atoms with Crippen molar-refractivity contribution in [1.29, 1.82) is 0 Å². The van der Waals surface area contributed by atoms with Crippen LogP contribution in [0.25, 0.3) is 0 Å². The van der Waals surface area contributed by atoms with Gasteiger partial charge in [0.15, 0.2) is 0 Å². The Labute approximate surface area is 112 Å². The quantitative estimate of drug-likeness (QED) is 0.764. The van der Waals surface area contributed by atoms with Gasteiger partial charge in [0.1, 0.15) is 0 Å². The number of nitrogens with zero attached hydrogens (tertiary/aromatic N) is 1. The molecule has 1 aromatic carbocycles. The van der Waals surface area contributed by atoms with Crippen LogP contribution in [0.4, 0.5) is 0 Å². The Morgan fingerprint density at radius 2 is 1.67 bits per heavy atom. The summed E-state index contributed by atoms with van der Waals surface area (Å²) in [5, 5.41) is 0. The fourth-order valence-electron chi connectivity index (χ4n) is 2.25. The molecule has 0 saturated heterocycles. The largest absolute Gasteiger partial charge is 0.324 e. The zero-order valence-electron chi connectivity index (χ0n) is 12.2. The predicted octanol–water partition coefficient (Wildman–Crippen LogP) is 3.37. The van der Waals surface area contributed by atoms with Crippen LogP contribution in [0.5, 0.6) is 0 Å². The summed E-state index contributed by atoms with van der Waals surface area (Å²) in [5.41, 5.74) is 8.93. The van der Waals surface area contributed by atoms with Gasteiger partial charge in [-0.3, -0.25) is 0 Å². The molecule has 1 atom stereocenters. The summed E-state index contributed by atoms with van der Waals surface area (Å²) in [7, 11) is 0. The predicted molar refractivity (Wildman–Crippen MR) is 79.8 cm³/mol. The van der Waals surface area contributed by atoms with Gasteiger partial charge in [0, 0.05) is 6.04 Å². The molecule has 1 rings (SSSR count). The fraction of sp³-hybridized carbons (Fsp3) is 0.625. The van der Waals surface area contributed by atoms with Gasteiger partial charge in [-0.05, 0) is 43.6 Å². The van der Waals surface area contributed by atoms with Crippen molar-refractivity contribution in [3.05, 3.63) is 35.4 Å². The molecule has 18 heavy (non-hydrogen) atoms. The highest BCUT2D eigenvalue weighted by Gasteiger charge is 2.08. The number of rotatable bonds is 8. The molecule has 2 heteroatoms. The molecule has 2 N–H and O–H groups in total. The van der Waals surface area contributed by atoms with E-state index in [4.69, 9.17) is 5.73 Å². The molecule has 0 fully saturated rings. The lowest BCUT2D eigenvalue weighted by Gasteiger charge is -2.20. The zero-order valence-corrected chi connectivity index (χ0v) is 12.2. The molecule has 0 aromatic heterocycles. The van der Waals surface area contributed by atoms with Crippen molar-refractivity contribution in [3.63, 3.8) is 0 Å². The van der Waals surface area contributed by atoms with Crippen LogP contribution in [0.1, 0.15) is 50.8 Å². The third kappa shape index (κ3) is 4.79. The molecule has 2 nitrogen and oxygen atoms in total. The Balaban J connectivity index is 2.48. The first-order valence-electron chi connectivity index (χ1n) is 7.28. The molecular weight excluding hydrogens is 220 g/mol. The molecule has 0 amide bonds. The van der Waals surface area contributed by atoms with Gasteiger partial charge in [-0.2, -0.15) is 0 Å². The van der Waals surface area contributed by atoms with E-state index in [1.165, 1.54) is 17.5 Å². The van der Waals surface area contributed by atoms with E-state index in [0.29, 0.717) is 0 Å². The van der Waals surface area contributed by atoms with Crippen LogP contribution < -0.4 is 5.73 Å². The SMILES string of the molecule is CCCc1ccc(C(N)CCN(CC)CC)cc1. The van der Waals surface area contributed by atoms with Gasteiger partial charge in [0.2, 0.25) is 0 Å². The fourth-order valence-corrected chi connectivity index (χ4v) is 2.25. The standard InChI is InChI=1S/C16H28N2/c1-4-7-14-8-10-15(11-9-14)16(17)12-13-18(5-2)6-3/h8-11,16H,4-7,12-13,17H2,1-3H3. The van der Waals surface area contributed by atoms with E-state index in [-0.39, 0.29) is 6.04 Å². The molecule has 0 radical (unpaired) electrons. The Bertz CT molecular complexity index is 314. The number of nitrogens with two attached hydrogens (primary N) is 1. The van der Waals surface area contributed by atoms with E-state index in [2.05, 4.69) is 49.9 Å². The maximum Gasteiger partial charge on any atom is 0.0307 e. The minimum absolute atomic E-state index is 0.168. The first kappa shape index (κ1) is 15.2. The number of aryl methyl sites for hydroxylation is 1. The number of hydrogen-bond acceptors (Lipinski definition) is 2. The van der Waals surface area contributed by atoms with Crippen LogP contribution in [0.2, 0.25) is 0 Å². The minimum Gasteiger partial charge on any atom is -0.324 e. The van der Waals surface area contributed by atoms with Gasteiger partial charge < -0.3 is 10.6 Å². The molecule has 0 saturated carbocycles. The second-order valence-electron chi connectivity index (χ2n) is 4.91. The lowest BCUT2D eigenvalue weighted by Crippen LogP contribution is -2.27. The van der Waals surface area contributed by atoms with Gasteiger partial charge in [-0.25, -0.2) is 0 Å². The van der Waals surface area contributed by atoms with Crippen LogP contribution in [0, 0.1) is 0 Å². The molecular formula is C16H28N2. The minimum atomic E-state index is 0.168. The second kappa shape index (κ2) is 8.28. The van der Waals surface area contributed by atoms with Crippen LogP contribution in [-0.2, 0) is 6.42 Å². The average Bonchev–Trinajstić information content (AvgIpc) is 2.41. The van der Waals surface area contributed by atoms with Gasteiger partial charge in [-0.15, -0.1) is 0 Å². The molecule has 0 aliphatic rings.